The lowest BCUT2D eigenvalue weighted by Crippen LogP contribution is -2.14. The monoisotopic (exact) mass is 269 g/mol. The normalized spacial score (nSPS) is 10.5. The van der Waals surface area contributed by atoms with E-state index in [1.807, 2.05) is 0 Å². The molecule has 0 saturated carbocycles. The quantitative estimate of drug-likeness (QED) is 0.626. The predicted molar refractivity (Wildman–Crippen MR) is 61.7 cm³/mol. The summed E-state index contributed by atoms with van der Waals surface area (Å²) in [4.78, 5) is 4.14. The topological polar surface area (TPSA) is 42.4 Å². The molecule has 0 bridgehead atoms. The van der Waals surface area contributed by atoms with Crippen LogP contribution in [0.15, 0.2) is 16.7 Å². The molecule has 0 aliphatic rings. The van der Waals surface area contributed by atoms with Crippen LogP contribution in [0.4, 0.5) is 0 Å². The minimum atomic E-state index is -1.02. The summed E-state index contributed by atoms with van der Waals surface area (Å²) in [5.74, 6) is 6.14. The van der Waals surface area contributed by atoms with Crippen molar-refractivity contribution in [1.29, 1.82) is 0 Å². The van der Waals surface area contributed by atoms with Crippen LogP contribution < -0.4 is 4.74 Å². The summed E-state index contributed by atoms with van der Waals surface area (Å²) in [6.07, 6.45) is 0. The number of rotatable bonds is 1. The largest absolute Gasteiger partial charge is 0.497 e. The molecule has 0 unspecified atom stereocenters. The first kappa shape index (κ1) is 12.0. The maximum atomic E-state index is 9.43. The summed E-state index contributed by atoms with van der Waals surface area (Å²) in [7, 11) is 1.58. The number of hydrogen-bond donors (Lipinski definition) is 1. The van der Waals surface area contributed by atoms with Crippen LogP contribution in [-0.4, -0.2) is 22.8 Å². The number of hydrogen-bond acceptors (Lipinski definition) is 3. The van der Waals surface area contributed by atoms with E-state index in [0.29, 0.717) is 16.0 Å². The zero-order chi connectivity index (χ0) is 11.5. The van der Waals surface area contributed by atoms with E-state index < -0.39 is 5.60 Å². The van der Waals surface area contributed by atoms with Crippen molar-refractivity contribution < 1.29 is 9.84 Å². The maximum absolute atomic E-state index is 9.43. The van der Waals surface area contributed by atoms with E-state index >= 15 is 0 Å². The third kappa shape index (κ3) is 4.32. The molecule has 1 rings (SSSR count). The van der Waals surface area contributed by atoms with Gasteiger partial charge in [0.2, 0.25) is 0 Å². The molecule has 3 nitrogen and oxygen atoms in total. The molecule has 0 spiro atoms. The van der Waals surface area contributed by atoms with Gasteiger partial charge in [-0.05, 0) is 35.7 Å². The van der Waals surface area contributed by atoms with Gasteiger partial charge in [-0.25, -0.2) is 4.98 Å². The van der Waals surface area contributed by atoms with Gasteiger partial charge < -0.3 is 9.84 Å². The van der Waals surface area contributed by atoms with Crippen LogP contribution in [0.25, 0.3) is 0 Å². The number of nitrogens with zero attached hydrogens (tertiary/aromatic N) is 1. The van der Waals surface area contributed by atoms with E-state index in [1.165, 1.54) is 0 Å². The Morgan fingerprint density at radius 3 is 2.67 bits per heavy atom. The van der Waals surface area contributed by atoms with Crippen molar-refractivity contribution in [2.24, 2.45) is 0 Å². The van der Waals surface area contributed by atoms with Crippen molar-refractivity contribution in [3.05, 3.63) is 22.4 Å². The van der Waals surface area contributed by atoms with E-state index in [1.54, 1.807) is 33.1 Å². The smallest absolute Gasteiger partial charge is 0.124 e. The van der Waals surface area contributed by atoms with Crippen LogP contribution >= 0.6 is 15.9 Å². The Balaban J connectivity index is 3.04. The van der Waals surface area contributed by atoms with Crippen LogP contribution in [0.5, 0.6) is 5.75 Å². The second-order valence-corrected chi connectivity index (χ2v) is 4.34. The van der Waals surface area contributed by atoms with Crippen LogP contribution in [0, 0.1) is 11.8 Å². The molecule has 15 heavy (non-hydrogen) atoms. The van der Waals surface area contributed by atoms with Crippen molar-refractivity contribution in [3.8, 4) is 17.6 Å². The van der Waals surface area contributed by atoms with Crippen molar-refractivity contribution in [1.82, 2.24) is 4.98 Å². The molecule has 0 amide bonds. The molecular weight excluding hydrogens is 258 g/mol. The molecule has 0 aromatic carbocycles. The minimum Gasteiger partial charge on any atom is -0.497 e. The molecular formula is C11H12BrNO2. The Morgan fingerprint density at radius 2 is 2.13 bits per heavy atom. The fraction of sp³-hybridized carbons (Fsp3) is 0.364. The highest BCUT2D eigenvalue weighted by Gasteiger charge is 2.06. The third-order valence-corrected chi connectivity index (χ3v) is 1.91. The highest BCUT2D eigenvalue weighted by atomic mass is 79.9. The van der Waals surface area contributed by atoms with Gasteiger partial charge in [0, 0.05) is 12.1 Å². The van der Waals surface area contributed by atoms with E-state index in [-0.39, 0.29) is 0 Å². The number of aromatic nitrogens is 1. The van der Waals surface area contributed by atoms with Crippen LogP contribution in [0.2, 0.25) is 0 Å². The van der Waals surface area contributed by atoms with Crippen molar-refractivity contribution in [2.75, 3.05) is 7.11 Å². The third-order valence-electron chi connectivity index (χ3n) is 1.50. The second kappa shape index (κ2) is 4.65. The number of aliphatic hydroxyl groups is 1. The summed E-state index contributed by atoms with van der Waals surface area (Å²) in [6.45, 7) is 3.24. The first-order chi connectivity index (χ1) is 6.90. The van der Waals surface area contributed by atoms with Crippen LogP contribution in [0.3, 0.4) is 0 Å². The van der Waals surface area contributed by atoms with Crippen molar-refractivity contribution in [3.63, 3.8) is 0 Å². The molecule has 0 aliphatic heterocycles. The van der Waals surface area contributed by atoms with Gasteiger partial charge in [0.15, 0.2) is 0 Å². The zero-order valence-corrected chi connectivity index (χ0v) is 10.4. The second-order valence-electron chi connectivity index (χ2n) is 3.52. The predicted octanol–water partition coefficient (Wildman–Crippen LogP) is 1.98. The maximum Gasteiger partial charge on any atom is 0.124 e. The Hall–Kier alpha value is -1.05. The fourth-order valence-electron chi connectivity index (χ4n) is 0.872. The van der Waals surface area contributed by atoms with Crippen LogP contribution in [-0.2, 0) is 0 Å². The van der Waals surface area contributed by atoms with Gasteiger partial charge in [-0.15, -0.1) is 0 Å². The van der Waals surface area contributed by atoms with E-state index in [0.717, 1.165) is 0 Å². The molecule has 0 radical (unpaired) electrons. The van der Waals surface area contributed by atoms with Gasteiger partial charge >= 0.3 is 0 Å². The fourth-order valence-corrected chi connectivity index (χ4v) is 1.29. The van der Waals surface area contributed by atoms with E-state index in [4.69, 9.17) is 4.74 Å². The van der Waals surface area contributed by atoms with Crippen molar-refractivity contribution >= 4 is 15.9 Å². The van der Waals surface area contributed by atoms with Gasteiger partial charge in [0.25, 0.3) is 0 Å². The van der Waals surface area contributed by atoms with Gasteiger partial charge in [-0.2, -0.15) is 0 Å². The number of pyridine rings is 1. The Kier molecular flexibility index (Phi) is 3.72. The number of ether oxygens (including phenoxy) is 1. The molecule has 1 N–H and O–H groups in total. The summed E-state index contributed by atoms with van der Waals surface area (Å²) >= 11 is 3.25. The summed E-state index contributed by atoms with van der Waals surface area (Å²) in [5, 5.41) is 9.43. The highest BCUT2D eigenvalue weighted by Crippen LogP contribution is 2.17. The first-order valence-corrected chi connectivity index (χ1v) is 5.17. The molecule has 0 fully saturated rings. The summed E-state index contributed by atoms with van der Waals surface area (Å²) < 4.78 is 5.72. The lowest BCUT2D eigenvalue weighted by Gasteiger charge is -2.06. The molecule has 80 valence electrons. The minimum absolute atomic E-state index is 0.559. The molecule has 0 atom stereocenters. The average Bonchev–Trinajstić information content (AvgIpc) is 2.13. The molecule has 1 heterocycles. The van der Waals surface area contributed by atoms with Crippen molar-refractivity contribution in [2.45, 2.75) is 19.4 Å². The molecule has 0 saturated heterocycles. The highest BCUT2D eigenvalue weighted by molar-refractivity contribution is 9.10. The van der Waals surface area contributed by atoms with Crippen LogP contribution in [0.1, 0.15) is 19.5 Å². The van der Waals surface area contributed by atoms with E-state index in [9.17, 15) is 5.11 Å². The SMILES string of the molecule is COc1cc(Br)nc(C#CC(C)(C)O)c1. The summed E-state index contributed by atoms with van der Waals surface area (Å²) in [6, 6.07) is 3.46. The van der Waals surface area contributed by atoms with Gasteiger partial charge in [0.05, 0.1) is 7.11 Å². The number of halogens is 1. The molecule has 1 aromatic rings. The zero-order valence-electron chi connectivity index (χ0n) is 8.84. The Bertz CT molecular complexity index is 413. The van der Waals surface area contributed by atoms with E-state index in [2.05, 4.69) is 32.8 Å². The van der Waals surface area contributed by atoms with Gasteiger partial charge in [0.1, 0.15) is 21.6 Å². The Morgan fingerprint density at radius 1 is 1.47 bits per heavy atom. The molecule has 0 aliphatic carbocycles. The molecule has 1 aromatic heterocycles. The summed E-state index contributed by atoms with van der Waals surface area (Å²) in [5.41, 5.74) is -0.458. The van der Waals surface area contributed by atoms with Gasteiger partial charge in [-0.1, -0.05) is 5.92 Å². The standard InChI is InChI=1S/C11H12BrNO2/c1-11(2,14)5-4-8-6-9(15-3)7-10(12)13-8/h6-7,14H,1-3H3. The first-order valence-electron chi connectivity index (χ1n) is 4.38. The average molecular weight is 270 g/mol. The molecule has 4 heteroatoms. The number of methoxy groups -OCH3 is 1. The lowest BCUT2D eigenvalue weighted by atomic mass is 10.1. The lowest BCUT2D eigenvalue weighted by molar-refractivity contribution is 0.143. The van der Waals surface area contributed by atoms with Gasteiger partial charge in [-0.3, -0.25) is 0 Å². The Labute approximate surface area is 97.6 Å².